The number of aryl methyl sites for hydroxylation is 2. The fraction of sp³-hybridized carbons (Fsp3) is 0.333. The molecular formula is C15H20N4O2. The van der Waals surface area contributed by atoms with Crippen LogP contribution in [0, 0.1) is 6.92 Å². The zero-order valence-electron chi connectivity index (χ0n) is 12.2. The summed E-state index contributed by atoms with van der Waals surface area (Å²) in [5.74, 6) is -0.328. The van der Waals surface area contributed by atoms with Crippen molar-refractivity contribution in [1.29, 1.82) is 0 Å². The predicted octanol–water partition coefficient (Wildman–Crippen LogP) is 0.644. The number of carbonyl (C=O) groups excluding carboxylic acids is 1. The molecule has 112 valence electrons. The molecule has 0 bridgehead atoms. The quantitative estimate of drug-likeness (QED) is 0.753. The van der Waals surface area contributed by atoms with Crippen LogP contribution in [0.5, 0.6) is 0 Å². The Balaban J connectivity index is 2.09. The van der Waals surface area contributed by atoms with E-state index in [1.54, 1.807) is 14.0 Å². The van der Waals surface area contributed by atoms with Gasteiger partial charge in [0.1, 0.15) is 5.69 Å². The van der Waals surface area contributed by atoms with E-state index in [-0.39, 0.29) is 18.6 Å². The number of nitrogens with one attached hydrogen (secondary N) is 1. The zero-order valence-corrected chi connectivity index (χ0v) is 12.2. The van der Waals surface area contributed by atoms with Gasteiger partial charge in [-0.2, -0.15) is 5.10 Å². The van der Waals surface area contributed by atoms with Crippen LogP contribution in [0.2, 0.25) is 0 Å². The number of nitrogens with zero attached hydrogens (tertiary/aromatic N) is 2. The van der Waals surface area contributed by atoms with Gasteiger partial charge < -0.3 is 16.2 Å². The van der Waals surface area contributed by atoms with Gasteiger partial charge in [-0.15, -0.1) is 0 Å². The Morgan fingerprint density at radius 1 is 1.43 bits per heavy atom. The van der Waals surface area contributed by atoms with Crippen molar-refractivity contribution in [3.05, 3.63) is 47.3 Å². The molecule has 6 heteroatoms. The standard InChI is InChI=1S/C15H20N4O2/c1-10-13(16)14(19(2)18-10)15(21)17-12(9-20)8-11-6-4-3-5-7-11/h3-7,12,20H,8-9,16H2,1-2H3,(H,17,21). The summed E-state index contributed by atoms with van der Waals surface area (Å²) in [5, 5.41) is 16.4. The Bertz CT molecular complexity index is 622. The number of benzene rings is 1. The van der Waals surface area contributed by atoms with Crippen LogP contribution >= 0.6 is 0 Å². The van der Waals surface area contributed by atoms with Gasteiger partial charge in [0.15, 0.2) is 0 Å². The molecule has 21 heavy (non-hydrogen) atoms. The number of carbonyl (C=O) groups is 1. The molecule has 1 aromatic heterocycles. The predicted molar refractivity (Wildman–Crippen MR) is 80.8 cm³/mol. The molecule has 0 spiro atoms. The molecular weight excluding hydrogens is 268 g/mol. The molecule has 0 radical (unpaired) electrons. The second kappa shape index (κ2) is 6.41. The summed E-state index contributed by atoms with van der Waals surface area (Å²) in [6.07, 6.45) is 0.555. The normalized spacial score (nSPS) is 12.1. The fourth-order valence-corrected chi connectivity index (χ4v) is 2.26. The highest BCUT2D eigenvalue weighted by Gasteiger charge is 2.20. The first-order valence-electron chi connectivity index (χ1n) is 6.77. The number of anilines is 1. The third-order valence-electron chi connectivity index (χ3n) is 3.36. The maximum atomic E-state index is 12.3. The molecule has 2 aromatic rings. The van der Waals surface area contributed by atoms with E-state index in [4.69, 9.17) is 5.73 Å². The van der Waals surface area contributed by atoms with Crippen molar-refractivity contribution in [2.75, 3.05) is 12.3 Å². The summed E-state index contributed by atoms with van der Waals surface area (Å²) in [4.78, 5) is 12.3. The maximum absolute atomic E-state index is 12.3. The van der Waals surface area contributed by atoms with E-state index in [0.717, 1.165) is 5.56 Å². The molecule has 0 aliphatic heterocycles. The van der Waals surface area contributed by atoms with Crippen molar-refractivity contribution >= 4 is 11.6 Å². The summed E-state index contributed by atoms with van der Waals surface area (Å²) >= 11 is 0. The monoisotopic (exact) mass is 288 g/mol. The summed E-state index contributed by atoms with van der Waals surface area (Å²) in [5.41, 5.74) is 8.22. The second-order valence-electron chi connectivity index (χ2n) is 5.01. The topological polar surface area (TPSA) is 93.2 Å². The van der Waals surface area contributed by atoms with Crippen molar-refractivity contribution in [2.24, 2.45) is 7.05 Å². The summed E-state index contributed by atoms with van der Waals surface area (Å²) in [6, 6.07) is 9.32. The Hall–Kier alpha value is -2.34. The van der Waals surface area contributed by atoms with Gasteiger partial charge in [-0.25, -0.2) is 0 Å². The van der Waals surface area contributed by atoms with E-state index in [0.29, 0.717) is 23.5 Å². The van der Waals surface area contributed by atoms with E-state index >= 15 is 0 Å². The molecule has 2 rings (SSSR count). The van der Waals surface area contributed by atoms with Crippen molar-refractivity contribution in [3.63, 3.8) is 0 Å². The molecule has 1 amide bonds. The van der Waals surface area contributed by atoms with E-state index in [2.05, 4.69) is 10.4 Å². The highest BCUT2D eigenvalue weighted by molar-refractivity contribution is 5.98. The molecule has 6 nitrogen and oxygen atoms in total. The van der Waals surface area contributed by atoms with Gasteiger partial charge in [0.2, 0.25) is 0 Å². The lowest BCUT2D eigenvalue weighted by atomic mass is 10.1. The number of aliphatic hydroxyl groups excluding tert-OH is 1. The van der Waals surface area contributed by atoms with Crippen LogP contribution in [0.4, 0.5) is 5.69 Å². The number of hydrogen-bond donors (Lipinski definition) is 3. The van der Waals surface area contributed by atoms with Crippen molar-refractivity contribution in [3.8, 4) is 0 Å². The molecule has 0 aliphatic rings. The van der Waals surface area contributed by atoms with Crippen LogP contribution < -0.4 is 11.1 Å². The molecule has 4 N–H and O–H groups in total. The number of hydrogen-bond acceptors (Lipinski definition) is 4. The van der Waals surface area contributed by atoms with Gasteiger partial charge in [0.05, 0.1) is 24.0 Å². The Morgan fingerprint density at radius 2 is 2.10 bits per heavy atom. The average molecular weight is 288 g/mol. The Labute approximate surface area is 123 Å². The second-order valence-corrected chi connectivity index (χ2v) is 5.01. The van der Waals surface area contributed by atoms with Gasteiger partial charge in [-0.05, 0) is 18.9 Å². The minimum atomic E-state index is -0.366. The van der Waals surface area contributed by atoms with Gasteiger partial charge in [-0.1, -0.05) is 30.3 Å². The van der Waals surface area contributed by atoms with E-state index < -0.39 is 0 Å². The molecule has 0 saturated heterocycles. The van der Waals surface area contributed by atoms with Crippen LogP contribution in [0.15, 0.2) is 30.3 Å². The third kappa shape index (κ3) is 3.41. The molecule has 0 fully saturated rings. The summed E-state index contributed by atoms with van der Waals surface area (Å²) in [7, 11) is 1.67. The fourth-order valence-electron chi connectivity index (χ4n) is 2.26. The SMILES string of the molecule is Cc1nn(C)c(C(=O)NC(CO)Cc2ccccc2)c1N. The van der Waals surface area contributed by atoms with E-state index in [1.165, 1.54) is 4.68 Å². The number of nitrogen functional groups attached to an aromatic ring is 1. The first-order chi connectivity index (χ1) is 10.0. The van der Waals surface area contributed by atoms with Crippen molar-refractivity contribution < 1.29 is 9.90 Å². The minimum Gasteiger partial charge on any atom is -0.395 e. The number of aliphatic hydroxyl groups is 1. The summed E-state index contributed by atoms with van der Waals surface area (Å²) in [6.45, 7) is 1.61. The molecule has 1 atom stereocenters. The molecule has 1 unspecified atom stereocenters. The van der Waals surface area contributed by atoms with Crippen LogP contribution in [0.1, 0.15) is 21.7 Å². The number of rotatable bonds is 5. The van der Waals surface area contributed by atoms with Crippen LogP contribution in [-0.4, -0.2) is 33.4 Å². The first kappa shape index (κ1) is 15.1. The minimum absolute atomic E-state index is 0.141. The number of aromatic nitrogens is 2. The third-order valence-corrected chi connectivity index (χ3v) is 3.36. The lowest BCUT2D eigenvalue weighted by molar-refractivity contribution is 0.0908. The first-order valence-corrected chi connectivity index (χ1v) is 6.77. The van der Waals surface area contributed by atoms with Gasteiger partial charge in [0, 0.05) is 7.05 Å². The van der Waals surface area contributed by atoms with E-state index in [9.17, 15) is 9.90 Å². The Morgan fingerprint density at radius 3 is 2.62 bits per heavy atom. The molecule has 1 aromatic carbocycles. The van der Waals surface area contributed by atoms with Crippen LogP contribution in [-0.2, 0) is 13.5 Å². The van der Waals surface area contributed by atoms with Gasteiger partial charge >= 0.3 is 0 Å². The highest BCUT2D eigenvalue weighted by Crippen LogP contribution is 2.15. The van der Waals surface area contributed by atoms with Gasteiger partial charge in [-0.3, -0.25) is 9.48 Å². The molecule has 0 saturated carbocycles. The lowest BCUT2D eigenvalue weighted by Crippen LogP contribution is -2.40. The van der Waals surface area contributed by atoms with Gasteiger partial charge in [0.25, 0.3) is 5.91 Å². The van der Waals surface area contributed by atoms with Crippen molar-refractivity contribution in [2.45, 2.75) is 19.4 Å². The Kier molecular flexibility index (Phi) is 4.59. The summed E-state index contributed by atoms with van der Waals surface area (Å²) < 4.78 is 1.46. The smallest absolute Gasteiger partial charge is 0.272 e. The largest absolute Gasteiger partial charge is 0.395 e. The van der Waals surface area contributed by atoms with Crippen LogP contribution in [0.25, 0.3) is 0 Å². The lowest BCUT2D eigenvalue weighted by Gasteiger charge is -2.16. The molecule has 0 aliphatic carbocycles. The zero-order chi connectivity index (χ0) is 15.4. The maximum Gasteiger partial charge on any atom is 0.272 e. The molecule has 1 heterocycles. The number of amides is 1. The van der Waals surface area contributed by atoms with Crippen molar-refractivity contribution in [1.82, 2.24) is 15.1 Å². The number of nitrogens with two attached hydrogens (primary N) is 1. The highest BCUT2D eigenvalue weighted by atomic mass is 16.3. The average Bonchev–Trinajstić information content (AvgIpc) is 2.72. The van der Waals surface area contributed by atoms with Crippen LogP contribution in [0.3, 0.4) is 0 Å². The van der Waals surface area contributed by atoms with E-state index in [1.807, 2.05) is 30.3 Å².